The Balaban J connectivity index is 3.61. The number of likely N-dealkylation sites (N-methyl/N-ethyl adjacent to an activating group) is 1. The molecule has 0 fully saturated rings. The van der Waals surface area contributed by atoms with E-state index in [9.17, 15) is 0 Å². The summed E-state index contributed by atoms with van der Waals surface area (Å²) in [6.07, 6.45) is 3.29. The van der Waals surface area contributed by atoms with Crippen LogP contribution in [0.25, 0.3) is 0 Å². The minimum Gasteiger partial charge on any atom is -0.382 e. The van der Waals surface area contributed by atoms with Crippen molar-refractivity contribution in [1.29, 1.82) is 0 Å². The first-order valence-corrected chi connectivity index (χ1v) is 4.60. The quantitative estimate of drug-likeness (QED) is 0.487. The first kappa shape index (κ1) is 11.7. The maximum absolute atomic E-state index is 5.28. The standard InChI is InChI=1S/C10H21NO/c1-5-12-7-6-10(11-4)8-9(2)3/h8,10-11H,5-7H2,1-4H3. The van der Waals surface area contributed by atoms with Gasteiger partial charge in [0.25, 0.3) is 0 Å². The van der Waals surface area contributed by atoms with E-state index in [1.807, 2.05) is 14.0 Å². The van der Waals surface area contributed by atoms with Gasteiger partial charge >= 0.3 is 0 Å². The highest BCUT2D eigenvalue weighted by atomic mass is 16.5. The van der Waals surface area contributed by atoms with Gasteiger partial charge in [-0.25, -0.2) is 0 Å². The van der Waals surface area contributed by atoms with Crippen LogP contribution in [0.4, 0.5) is 0 Å². The molecular weight excluding hydrogens is 150 g/mol. The van der Waals surface area contributed by atoms with E-state index in [-0.39, 0.29) is 0 Å². The summed E-state index contributed by atoms with van der Waals surface area (Å²) < 4.78 is 5.28. The Morgan fingerprint density at radius 3 is 2.58 bits per heavy atom. The van der Waals surface area contributed by atoms with E-state index >= 15 is 0 Å². The number of rotatable bonds is 6. The molecule has 0 amide bonds. The van der Waals surface area contributed by atoms with Gasteiger partial charge in [0, 0.05) is 19.3 Å². The fraction of sp³-hybridized carbons (Fsp3) is 0.800. The number of hydrogen-bond acceptors (Lipinski definition) is 2. The van der Waals surface area contributed by atoms with Gasteiger partial charge < -0.3 is 10.1 Å². The van der Waals surface area contributed by atoms with Crippen LogP contribution in [-0.2, 0) is 4.74 Å². The average molecular weight is 171 g/mol. The predicted octanol–water partition coefficient (Wildman–Crippen LogP) is 1.97. The summed E-state index contributed by atoms with van der Waals surface area (Å²) in [6, 6.07) is 0.460. The van der Waals surface area contributed by atoms with Crippen molar-refractivity contribution < 1.29 is 4.74 Å². The molecule has 1 atom stereocenters. The third kappa shape index (κ3) is 6.38. The fourth-order valence-electron chi connectivity index (χ4n) is 1.07. The van der Waals surface area contributed by atoms with E-state index in [1.54, 1.807) is 0 Å². The molecule has 0 radical (unpaired) electrons. The molecule has 1 N–H and O–H groups in total. The SMILES string of the molecule is CCOCCC(C=C(C)C)NC. The molecule has 0 spiro atoms. The fourth-order valence-corrected chi connectivity index (χ4v) is 1.07. The minimum absolute atomic E-state index is 0.460. The molecule has 0 aromatic carbocycles. The molecule has 0 aliphatic rings. The van der Waals surface area contributed by atoms with Gasteiger partial charge in [-0.1, -0.05) is 11.6 Å². The van der Waals surface area contributed by atoms with Crippen LogP contribution in [0.3, 0.4) is 0 Å². The Morgan fingerprint density at radius 1 is 1.50 bits per heavy atom. The van der Waals surface area contributed by atoms with Crippen LogP contribution < -0.4 is 5.32 Å². The summed E-state index contributed by atoms with van der Waals surface area (Å²) in [6.45, 7) is 7.91. The van der Waals surface area contributed by atoms with Crippen molar-refractivity contribution in [3.8, 4) is 0 Å². The summed E-state index contributed by atoms with van der Waals surface area (Å²) in [7, 11) is 1.98. The molecule has 0 aliphatic carbocycles. The Morgan fingerprint density at radius 2 is 2.17 bits per heavy atom. The van der Waals surface area contributed by atoms with Crippen molar-refractivity contribution in [2.75, 3.05) is 20.3 Å². The van der Waals surface area contributed by atoms with Crippen molar-refractivity contribution in [2.45, 2.75) is 33.2 Å². The highest BCUT2D eigenvalue weighted by Crippen LogP contribution is 1.99. The van der Waals surface area contributed by atoms with E-state index < -0.39 is 0 Å². The van der Waals surface area contributed by atoms with Gasteiger partial charge in [-0.15, -0.1) is 0 Å². The zero-order valence-electron chi connectivity index (χ0n) is 8.68. The zero-order chi connectivity index (χ0) is 9.40. The van der Waals surface area contributed by atoms with Gasteiger partial charge in [-0.3, -0.25) is 0 Å². The smallest absolute Gasteiger partial charge is 0.0483 e. The van der Waals surface area contributed by atoms with Gasteiger partial charge in [0.15, 0.2) is 0 Å². The van der Waals surface area contributed by atoms with E-state index in [1.165, 1.54) is 5.57 Å². The molecule has 0 aromatic heterocycles. The minimum atomic E-state index is 0.460. The number of nitrogens with one attached hydrogen (secondary N) is 1. The molecule has 72 valence electrons. The van der Waals surface area contributed by atoms with Gasteiger partial charge in [-0.2, -0.15) is 0 Å². The molecule has 1 unspecified atom stereocenters. The van der Waals surface area contributed by atoms with E-state index in [0.29, 0.717) is 6.04 Å². The maximum atomic E-state index is 5.28. The summed E-state index contributed by atoms with van der Waals surface area (Å²) >= 11 is 0. The van der Waals surface area contributed by atoms with E-state index in [0.717, 1.165) is 19.6 Å². The van der Waals surface area contributed by atoms with Gasteiger partial charge in [0.05, 0.1) is 0 Å². The summed E-state index contributed by atoms with van der Waals surface area (Å²) in [5.74, 6) is 0. The van der Waals surface area contributed by atoms with Crippen LogP contribution in [0.5, 0.6) is 0 Å². The summed E-state index contributed by atoms with van der Waals surface area (Å²) in [5.41, 5.74) is 1.35. The second-order valence-electron chi connectivity index (χ2n) is 3.12. The van der Waals surface area contributed by atoms with Crippen LogP contribution in [0.1, 0.15) is 27.2 Å². The van der Waals surface area contributed by atoms with Crippen molar-refractivity contribution in [1.82, 2.24) is 5.32 Å². The first-order valence-electron chi connectivity index (χ1n) is 4.60. The second kappa shape index (κ2) is 7.32. The Hall–Kier alpha value is -0.340. The lowest BCUT2D eigenvalue weighted by Gasteiger charge is -2.11. The van der Waals surface area contributed by atoms with Gasteiger partial charge in [0.2, 0.25) is 0 Å². The molecule has 0 saturated carbocycles. The lowest BCUT2D eigenvalue weighted by Crippen LogP contribution is -2.24. The van der Waals surface area contributed by atoms with Crippen molar-refractivity contribution in [2.24, 2.45) is 0 Å². The molecule has 2 heteroatoms. The molecular formula is C10H21NO. The van der Waals surface area contributed by atoms with Crippen molar-refractivity contribution >= 4 is 0 Å². The zero-order valence-corrected chi connectivity index (χ0v) is 8.68. The van der Waals surface area contributed by atoms with Crippen LogP contribution >= 0.6 is 0 Å². The predicted molar refractivity (Wildman–Crippen MR) is 53.4 cm³/mol. The molecule has 0 aliphatic heterocycles. The number of hydrogen-bond donors (Lipinski definition) is 1. The van der Waals surface area contributed by atoms with Crippen LogP contribution in [0, 0.1) is 0 Å². The highest BCUT2D eigenvalue weighted by Gasteiger charge is 2.00. The number of allylic oxidation sites excluding steroid dienone is 1. The lowest BCUT2D eigenvalue weighted by molar-refractivity contribution is 0.140. The van der Waals surface area contributed by atoms with Crippen LogP contribution in [0.2, 0.25) is 0 Å². The monoisotopic (exact) mass is 171 g/mol. The topological polar surface area (TPSA) is 21.3 Å². The van der Waals surface area contributed by atoms with Crippen molar-refractivity contribution in [3.63, 3.8) is 0 Å². The van der Waals surface area contributed by atoms with E-state index in [4.69, 9.17) is 4.74 Å². The van der Waals surface area contributed by atoms with Crippen LogP contribution in [0.15, 0.2) is 11.6 Å². The molecule has 0 bridgehead atoms. The highest BCUT2D eigenvalue weighted by molar-refractivity contribution is 5.00. The molecule has 12 heavy (non-hydrogen) atoms. The number of ether oxygens (including phenoxy) is 1. The second-order valence-corrected chi connectivity index (χ2v) is 3.12. The van der Waals surface area contributed by atoms with Crippen LogP contribution in [-0.4, -0.2) is 26.3 Å². The van der Waals surface area contributed by atoms with Crippen molar-refractivity contribution in [3.05, 3.63) is 11.6 Å². The largest absolute Gasteiger partial charge is 0.382 e. The third-order valence-electron chi connectivity index (χ3n) is 1.68. The summed E-state index contributed by atoms with van der Waals surface area (Å²) in [4.78, 5) is 0. The molecule has 0 saturated heterocycles. The Kier molecular flexibility index (Phi) is 7.11. The van der Waals surface area contributed by atoms with E-state index in [2.05, 4.69) is 25.2 Å². The lowest BCUT2D eigenvalue weighted by atomic mass is 10.1. The molecule has 0 heterocycles. The normalized spacial score (nSPS) is 12.7. The molecule has 0 rings (SSSR count). The first-order chi connectivity index (χ1) is 5.70. The maximum Gasteiger partial charge on any atom is 0.0483 e. The van der Waals surface area contributed by atoms with Gasteiger partial charge in [-0.05, 0) is 34.2 Å². The molecule has 2 nitrogen and oxygen atoms in total. The Bertz CT molecular complexity index is 128. The Labute approximate surface area is 76.0 Å². The average Bonchev–Trinajstić information content (AvgIpc) is 2.02. The third-order valence-corrected chi connectivity index (χ3v) is 1.68. The summed E-state index contributed by atoms with van der Waals surface area (Å²) in [5, 5.41) is 3.24. The van der Waals surface area contributed by atoms with Gasteiger partial charge in [0.1, 0.15) is 0 Å². The molecule has 0 aromatic rings.